The van der Waals surface area contributed by atoms with E-state index >= 15 is 0 Å². The zero-order valence-corrected chi connectivity index (χ0v) is 17.9. The average molecular weight is 437 g/mol. The van der Waals surface area contributed by atoms with E-state index < -0.39 is 10.0 Å². The lowest BCUT2D eigenvalue weighted by Gasteiger charge is -2.19. The molecule has 3 aromatic rings. The SMILES string of the molecule is CN(Cc1cccs1)C(=O)COc1ccc(N(C)S(=O)(=O)c2cccs2)cc1. The van der Waals surface area contributed by atoms with Gasteiger partial charge in [-0.15, -0.1) is 22.7 Å². The van der Waals surface area contributed by atoms with Crippen LogP contribution >= 0.6 is 22.7 Å². The number of carbonyl (C=O) groups excluding carboxylic acids is 1. The molecule has 9 heteroatoms. The first-order valence-corrected chi connectivity index (χ1v) is 11.6. The lowest BCUT2D eigenvalue weighted by atomic mass is 10.3. The van der Waals surface area contributed by atoms with Gasteiger partial charge in [-0.2, -0.15) is 0 Å². The summed E-state index contributed by atoms with van der Waals surface area (Å²) in [6.45, 7) is 0.467. The summed E-state index contributed by atoms with van der Waals surface area (Å²) in [5, 5.41) is 3.70. The Labute approximate surface area is 172 Å². The second-order valence-corrected chi connectivity index (χ2v) is 10.2. The van der Waals surface area contributed by atoms with Crippen molar-refractivity contribution in [3.05, 3.63) is 64.2 Å². The topological polar surface area (TPSA) is 66.9 Å². The minimum absolute atomic E-state index is 0.0788. The molecule has 0 N–H and O–H groups in total. The summed E-state index contributed by atoms with van der Waals surface area (Å²) in [7, 11) is -0.329. The molecule has 0 spiro atoms. The van der Waals surface area contributed by atoms with Crippen LogP contribution in [0.4, 0.5) is 5.69 Å². The van der Waals surface area contributed by atoms with Crippen molar-refractivity contribution in [2.45, 2.75) is 10.8 Å². The van der Waals surface area contributed by atoms with E-state index in [0.29, 0.717) is 18.0 Å². The lowest BCUT2D eigenvalue weighted by Crippen LogP contribution is -2.30. The van der Waals surface area contributed by atoms with Crippen molar-refractivity contribution in [1.82, 2.24) is 4.90 Å². The average Bonchev–Trinajstić information content (AvgIpc) is 3.40. The van der Waals surface area contributed by atoms with Crippen molar-refractivity contribution < 1.29 is 17.9 Å². The van der Waals surface area contributed by atoms with Crippen LogP contribution in [0.2, 0.25) is 0 Å². The van der Waals surface area contributed by atoms with Crippen molar-refractivity contribution >= 4 is 44.3 Å². The Bertz CT molecular complexity index is 998. The van der Waals surface area contributed by atoms with E-state index in [9.17, 15) is 13.2 Å². The smallest absolute Gasteiger partial charge is 0.273 e. The van der Waals surface area contributed by atoms with E-state index in [2.05, 4.69) is 0 Å². The second kappa shape index (κ2) is 8.76. The molecule has 28 heavy (non-hydrogen) atoms. The molecule has 1 aromatic carbocycles. The van der Waals surface area contributed by atoms with Gasteiger partial charge in [-0.1, -0.05) is 12.1 Å². The molecule has 0 unspecified atom stereocenters. The maximum Gasteiger partial charge on any atom is 0.273 e. The molecule has 0 saturated heterocycles. The number of sulfonamides is 1. The van der Waals surface area contributed by atoms with Crippen molar-refractivity contribution in [3.63, 3.8) is 0 Å². The number of hydrogen-bond acceptors (Lipinski definition) is 6. The molecule has 2 heterocycles. The zero-order valence-electron chi connectivity index (χ0n) is 15.4. The molecule has 148 valence electrons. The van der Waals surface area contributed by atoms with Crippen LogP contribution in [-0.2, 0) is 21.4 Å². The predicted octanol–water partition coefficient (Wildman–Crippen LogP) is 3.67. The molecule has 0 aliphatic carbocycles. The maximum atomic E-state index is 12.6. The molecule has 0 radical (unpaired) electrons. The Kier molecular flexibility index (Phi) is 6.38. The number of carbonyl (C=O) groups is 1. The minimum Gasteiger partial charge on any atom is -0.484 e. The van der Waals surface area contributed by atoms with E-state index in [0.717, 1.165) is 4.88 Å². The van der Waals surface area contributed by atoms with E-state index in [1.54, 1.807) is 65.1 Å². The number of rotatable bonds is 8. The van der Waals surface area contributed by atoms with Crippen LogP contribution < -0.4 is 9.04 Å². The maximum absolute atomic E-state index is 12.6. The Morgan fingerprint density at radius 2 is 1.68 bits per heavy atom. The van der Waals surface area contributed by atoms with Gasteiger partial charge in [0.1, 0.15) is 9.96 Å². The molecular weight excluding hydrogens is 416 g/mol. The highest BCUT2D eigenvalue weighted by atomic mass is 32.2. The van der Waals surface area contributed by atoms with Gasteiger partial charge in [0, 0.05) is 19.0 Å². The Morgan fingerprint density at radius 1 is 1.00 bits per heavy atom. The number of hydrogen-bond donors (Lipinski definition) is 0. The quantitative estimate of drug-likeness (QED) is 0.540. The van der Waals surface area contributed by atoms with Gasteiger partial charge in [0.25, 0.3) is 15.9 Å². The summed E-state index contributed by atoms with van der Waals surface area (Å²) in [4.78, 5) is 14.9. The van der Waals surface area contributed by atoms with Gasteiger partial charge >= 0.3 is 0 Å². The normalized spacial score (nSPS) is 11.2. The molecule has 0 aliphatic heterocycles. The molecule has 0 saturated carbocycles. The Balaban J connectivity index is 1.58. The molecule has 2 aromatic heterocycles. The fraction of sp³-hybridized carbons (Fsp3) is 0.211. The van der Waals surface area contributed by atoms with E-state index in [1.807, 2.05) is 17.5 Å². The van der Waals surface area contributed by atoms with Crippen LogP contribution in [0.5, 0.6) is 5.75 Å². The molecule has 0 bridgehead atoms. The van der Waals surface area contributed by atoms with Gasteiger partial charge in [0.05, 0.1) is 12.2 Å². The van der Waals surface area contributed by atoms with E-state index in [4.69, 9.17) is 4.74 Å². The highest BCUT2D eigenvalue weighted by Gasteiger charge is 2.22. The third-order valence-corrected chi connectivity index (χ3v) is 8.09. The van der Waals surface area contributed by atoms with Crippen LogP contribution in [0.3, 0.4) is 0 Å². The summed E-state index contributed by atoms with van der Waals surface area (Å²) in [6, 6.07) is 13.8. The van der Waals surface area contributed by atoms with Gasteiger partial charge in [-0.3, -0.25) is 9.10 Å². The molecular formula is C19H20N2O4S3. The predicted molar refractivity (Wildman–Crippen MR) is 113 cm³/mol. The van der Waals surface area contributed by atoms with E-state index in [-0.39, 0.29) is 16.7 Å². The first-order valence-electron chi connectivity index (χ1n) is 8.39. The third-order valence-electron chi connectivity index (χ3n) is 4.07. The molecule has 0 aliphatic rings. The Morgan fingerprint density at radius 3 is 2.29 bits per heavy atom. The first kappa shape index (κ1) is 20.4. The minimum atomic E-state index is -3.57. The number of anilines is 1. The number of ether oxygens (including phenoxy) is 1. The fourth-order valence-electron chi connectivity index (χ4n) is 2.42. The van der Waals surface area contributed by atoms with Crippen molar-refractivity contribution in [3.8, 4) is 5.75 Å². The van der Waals surface area contributed by atoms with Crippen LogP contribution in [0.15, 0.2) is 63.5 Å². The molecule has 3 rings (SSSR count). The summed E-state index contributed by atoms with van der Waals surface area (Å²) in [6.07, 6.45) is 0. The van der Waals surface area contributed by atoms with Crippen molar-refractivity contribution in [2.75, 3.05) is 25.0 Å². The number of benzene rings is 1. The fourth-order valence-corrected chi connectivity index (χ4v) is 5.53. The largest absolute Gasteiger partial charge is 0.484 e. The highest BCUT2D eigenvalue weighted by Crippen LogP contribution is 2.26. The van der Waals surface area contributed by atoms with Gasteiger partial charge in [-0.05, 0) is 47.2 Å². The zero-order chi connectivity index (χ0) is 20.1. The lowest BCUT2D eigenvalue weighted by molar-refractivity contribution is -0.132. The number of likely N-dealkylation sites (N-methyl/N-ethyl adjacent to an activating group) is 1. The van der Waals surface area contributed by atoms with Crippen molar-refractivity contribution in [2.24, 2.45) is 0 Å². The molecule has 0 atom stereocenters. The van der Waals surface area contributed by atoms with Crippen LogP contribution in [0, 0.1) is 0 Å². The van der Waals surface area contributed by atoms with Gasteiger partial charge < -0.3 is 9.64 Å². The van der Waals surface area contributed by atoms with Crippen molar-refractivity contribution in [1.29, 1.82) is 0 Å². The van der Waals surface area contributed by atoms with Gasteiger partial charge in [0.2, 0.25) is 0 Å². The summed E-state index contributed by atoms with van der Waals surface area (Å²) < 4.78 is 32.2. The first-order chi connectivity index (χ1) is 13.4. The standard InChI is InChI=1S/C19H20N2O4S3/c1-20(13-17-5-3-11-26-17)18(22)14-25-16-9-7-15(8-10-16)21(2)28(23,24)19-6-4-12-27-19/h3-12H,13-14H2,1-2H3. The second-order valence-electron chi connectivity index (χ2n) is 6.02. The summed E-state index contributed by atoms with van der Waals surface area (Å²) in [5.41, 5.74) is 0.516. The van der Waals surface area contributed by atoms with Crippen LogP contribution in [0.25, 0.3) is 0 Å². The monoisotopic (exact) mass is 436 g/mol. The van der Waals surface area contributed by atoms with Gasteiger partial charge in [-0.25, -0.2) is 8.42 Å². The Hall–Kier alpha value is -2.36. The van der Waals surface area contributed by atoms with Gasteiger partial charge in [0.15, 0.2) is 6.61 Å². The molecule has 0 fully saturated rings. The highest BCUT2D eigenvalue weighted by molar-refractivity contribution is 7.94. The number of amides is 1. The molecule has 6 nitrogen and oxygen atoms in total. The number of thiophene rings is 2. The van der Waals surface area contributed by atoms with E-state index in [1.165, 1.54) is 22.7 Å². The third kappa shape index (κ3) is 4.73. The summed E-state index contributed by atoms with van der Waals surface area (Å²) >= 11 is 2.78. The number of nitrogens with zero attached hydrogens (tertiary/aromatic N) is 2. The van der Waals surface area contributed by atoms with Crippen LogP contribution in [0.1, 0.15) is 4.88 Å². The molecule has 1 amide bonds. The van der Waals surface area contributed by atoms with Crippen LogP contribution in [-0.4, -0.2) is 39.9 Å². The summed E-state index contributed by atoms with van der Waals surface area (Å²) in [5.74, 6) is 0.374.